The molecule has 79 valence electrons. The molecule has 1 aromatic rings. The van der Waals surface area contributed by atoms with E-state index in [0.717, 1.165) is 0 Å². The first-order valence-electron chi connectivity index (χ1n) is 5.91. The van der Waals surface area contributed by atoms with Gasteiger partial charge in [0.1, 0.15) is 0 Å². The number of allylic oxidation sites excluding steroid dienone is 1. The van der Waals surface area contributed by atoms with E-state index in [1.54, 1.807) is 5.31 Å². The summed E-state index contributed by atoms with van der Waals surface area (Å²) in [5, 5.41) is 3.09. The van der Waals surface area contributed by atoms with E-state index in [9.17, 15) is 0 Å². The molecule has 0 aromatic heterocycles. The minimum Gasteiger partial charge on any atom is -0.0654 e. The summed E-state index contributed by atoms with van der Waals surface area (Å²) < 4.78 is 0. The molecular weight excluding hydrogens is 199 g/mol. The number of fused-ring (bicyclic) bond motifs is 1. The van der Waals surface area contributed by atoms with Crippen molar-refractivity contribution in [3.05, 3.63) is 35.1 Å². The summed E-state index contributed by atoms with van der Waals surface area (Å²) >= 11 is 0. The van der Waals surface area contributed by atoms with Crippen LogP contribution < -0.4 is 5.30 Å². The van der Waals surface area contributed by atoms with Crippen molar-refractivity contribution in [1.29, 1.82) is 0 Å². The zero-order valence-electron chi connectivity index (χ0n) is 9.37. The van der Waals surface area contributed by atoms with Gasteiger partial charge >= 0.3 is 0 Å². The highest BCUT2D eigenvalue weighted by atomic mass is 31.1. The Labute approximate surface area is 94.6 Å². The van der Waals surface area contributed by atoms with Crippen LogP contribution in [0.2, 0.25) is 0 Å². The Morgan fingerprint density at radius 1 is 1.07 bits per heavy atom. The quantitative estimate of drug-likeness (QED) is 0.500. The van der Waals surface area contributed by atoms with E-state index >= 15 is 0 Å². The topological polar surface area (TPSA) is 0 Å². The molecule has 1 heterocycles. The van der Waals surface area contributed by atoms with E-state index in [1.165, 1.54) is 51.6 Å². The predicted octanol–water partition coefficient (Wildman–Crippen LogP) is 4.58. The lowest BCUT2D eigenvalue weighted by Crippen LogP contribution is -1.92. The summed E-state index contributed by atoms with van der Waals surface area (Å²) in [5.41, 5.74) is 1.43. The fraction of sp³-hybridized carbons (Fsp3) is 0.429. The summed E-state index contributed by atoms with van der Waals surface area (Å²) in [5.74, 6) is 0. The first kappa shape index (κ1) is 10.9. The number of hydrogen-bond donors (Lipinski definition) is 0. The third-order valence-electron chi connectivity index (χ3n) is 2.81. The average Bonchev–Trinajstić information content (AvgIpc) is 2.67. The zero-order chi connectivity index (χ0) is 10.5. The van der Waals surface area contributed by atoms with Gasteiger partial charge in [0.15, 0.2) is 0 Å². The molecule has 1 aliphatic heterocycles. The van der Waals surface area contributed by atoms with Crippen LogP contribution in [0.15, 0.2) is 29.6 Å². The molecule has 0 saturated carbocycles. The highest BCUT2D eigenvalue weighted by Crippen LogP contribution is 2.36. The molecule has 0 bridgehead atoms. The molecule has 0 aliphatic carbocycles. The molecule has 0 unspecified atom stereocenters. The third kappa shape index (κ3) is 2.92. The SMILES string of the molecule is CCCCCCC1=Cc2ccccc2[P]1. The van der Waals surface area contributed by atoms with Crippen molar-refractivity contribution < 1.29 is 0 Å². The molecule has 1 aromatic carbocycles. The van der Waals surface area contributed by atoms with Crippen molar-refractivity contribution in [3.8, 4) is 0 Å². The molecule has 0 fully saturated rings. The van der Waals surface area contributed by atoms with E-state index < -0.39 is 0 Å². The first-order valence-corrected chi connectivity index (χ1v) is 6.81. The maximum atomic E-state index is 2.38. The lowest BCUT2D eigenvalue weighted by molar-refractivity contribution is 0.673. The van der Waals surface area contributed by atoms with Crippen molar-refractivity contribution in [1.82, 2.24) is 0 Å². The highest BCUT2D eigenvalue weighted by Gasteiger charge is 2.11. The number of unbranched alkanes of at least 4 members (excludes halogenated alkanes) is 3. The molecule has 0 saturated heterocycles. The fourth-order valence-electron chi connectivity index (χ4n) is 1.94. The second-order valence-corrected chi connectivity index (χ2v) is 5.40. The van der Waals surface area contributed by atoms with Crippen LogP contribution in [0.5, 0.6) is 0 Å². The van der Waals surface area contributed by atoms with Crippen LogP contribution in [0.25, 0.3) is 6.08 Å². The molecule has 0 N–H and O–H groups in total. The average molecular weight is 217 g/mol. The molecule has 1 aliphatic rings. The van der Waals surface area contributed by atoms with E-state index in [2.05, 4.69) is 37.3 Å². The molecule has 15 heavy (non-hydrogen) atoms. The lowest BCUT2D eigenvalue weighted by Gasteiger charge is -2.00. The standard InChI is InChI=1S/C14H18P/c1-2-3-4-5-9-13-11-12-8-6-7-10-14(12)15-13/h6-8,10-11H,2-5,9H2,1H3. The van der Waals surface area contributed by atoms with Gasteiger partial charge in [0.05, 0.1) is 0 Å². The summed E-state index contributed by atoms with van der Waals surface area (Å²) in [6, 6.07) is 8.73. The van der Waals surface area contributed by atoms with Gasteiger partial charge in [0.25, 0.3) is 0 Å². The fourth-order valence-corrected chi connectivity index (χ4v) is 3.15. The van der Waals surface area contributed by atoms with Gasteiger partial charge in [-0.1, -0.05) is 50.5 Å². The second kappa shape index (κ2) is 5.47. The van der Waals surface area contributed by atoms with Gasteiger partial charge in [-0.25, -0.2) is 0 Å². The van der Waals surface area contributed by atoms with Gasteiger partial charge < -0.3 is 0 Å². The Morgan fingerprint density at radius 3 is 2.73 bits per heavy atom. The molecule has 1 radical (unpaired) electrons. The van der Waals surface area contributed by atoms with Crippen molar-refractivity contribution in [2.45, 2.75) is 39.0 Å². The van der Waals surface area contributed by atoms with Crippen LogP contribution in [0.3, 0.4) is 0 Å². The van der Waals surface area contributed by atoms with Gasteiger partial charge in [-0.3, -0.25) is 0 Å². The van der Waals surface area contributed by atoms with Gasteiger partial charge in [0, 0.05) is 0 Å². The predicted molar refractivity (Wildman–Crippen MR) is 69.7 cm³/mol. The normalized spacial score (nSPS) is 15.4. The zero-order valence-corrected chi connectivity index (χ0v) is 10.3. The van der Waals surface area contributed by atoms with Crippen molar-refractivity contribution in [2.24, 2.45) is 0 Å². The molecule has 0 atom stereocenters. The number of hydrogen-bond acceptors (Lipinski definition) is 0. The molecule has 1 heteroatoms. The highest BCUT2D eigenvalue weighted by molar-refractivity contribution is 7.53. The smallest absolute Gasteiger partial charge is 0.00769 e. The Kier molecular flexibility index (Phi) is 3.97. The summed E-state index contributed by atoms with van der Waals surface area (Å²) in [6.07, 6.45) is 9.13. The summed E-state index contributed by atoms with van der Waals surface area (Å²) in [6.45, 7) is 2.27. The Bertz CT molecular complexity index is 352. The molecular formula is C14H18P. The van der Waals surface area contributed by atoms with Crippen LogP contribution in [-0.2, 0) is 0 Å². The molecule has 0 nitrogen and oxygen atoms in total. The monoisotopic (exact) mass is 217 g/mol. The Morgan fingerprint density at radius 2 is 1.93 bits per heavy atom. The molecule has 2 rings (SSSR count). The summed E-state index contributed by atoms with van der Waals surface area (Å²) in [7, 11) is 1.45. The van der Waals surface area contributed by atoms with Gasteiger partial charge in [-0.2, -0.15) is 0 Å². The second-order valence-electron chi connectivity index (χ2n) is 4.12. The van der Waals surface area contributed by atoms with E-state index in [0.29, 0.717) is 0 Å². The third-order valence-corrected chi connectivity index (χ3v) is 4.10. The van der Waals surface area contributed by atoms with Gasteiger partial charge in [-0.05, 0) is 43.7 Å². The van der Waals surface area contributed by atoms with Crippen LogP contribution in [0, 0.1) is 0 Å². The van der Waals surface area contributed by atoms with Gasteiger partial charge in [-0.15, -0.1) is 0 Å². The van der Waals surface area contributed by atoms with Crippen LogP contribution in [-0.4, -0.2) is 0 Å². The van der Waals surface area contributed by atoms with E-state index in [1.807, 2.05) is 0 Å². The van der Waals surface area contributed by atoms with E-state index in [4.69, 9.17) is 0 Å². The maximum Gasteiger partial charge on any atom is -0.00769 e. The lowest BCUT2D eigenvalue weighted by atomic mass is 10.1. The largest absolute Gasteiger partial charge is 0.0654 e. The van der Waals surface area contributed by atoms with Crippen LogP contribution >= 0.6 is 8.58 Å². The minimum absolute atomic E-state index is 1.29. The Hall–Kier alpha value is -0.610. The number of rotatable bonds is 5. The minimum atomic E-state index is 1.29. The Balaban J connectivity index is 1.83. The van der Waals surface area contributed by atoms with Crippen LogP contribution in [0.1, 0.15) is 44.6 Å². The van der Waals surface area contributed by atoms with E-state index in [-0.39, 0.29) is 0 Å². The van der Waals surface area contributed by atoms with Crippen LogP contribution in [0.4, 0.5) is 0 Å². The molecule has 0 spiro atoms. The first-order chi connectivity index (χ1) is 7.40. The van der Waals surface area contributed by atoms with Crippen molar-refractivity contribution in [2.75, 3.05) is 0 Å². The van der Waals surface area contributed by atoms with Crippen molar-refractivity contribution >= 4 is 20.0 Å². The summed E-state index contributed by atoms with van der Waals surface area (Å²) in [4.78, 5) is 0. The van der Waals surface area contributed by atoms with Crippen molar-refractivity contribution in [3.63, 3.8) is 0 Å². The maximum absolute atomic E-state index is 2.38. The molecule has 0 amide bonds. The number of benzene rings is 1. The van der Waals surface area contributed by atoms with Gasteiger partial charge in [0.2, 0.25) is 0 Å².